The second-order valence-electron chi connectivity index (χ2n) is 6.59. The standard InChI is InChI=1S/C22H20FN3O5/c1-3-18-11-19(26-31-18)21(28)24-12-13-8-15(22(29)30-2)10-17(9-13)25-20(27)14-4-6-16(23)7-5-14/h4-11H,3,12H2,1-2H3,(H,24,28)(H,25,27). The highest BCUT2D eigenvalue weighted by molar-refractivity contribution is 6.05. The molecule has 8 nitrogen and oxygen atoms in total. The molecule has 0 spiro atoms. The summed E-state index contributed by atoms with van der Waals surface area (Å²) in [6, 6.07) is 11.2. The highest BCUT2D eigenvalue weighted by Crippen LogP contribution is 2.18. The van der Waals surface area contributed by atoms with Crippen LogP contribution in [0.25, 0.3) is 0 Å². The van der Waals surface area contributed by atoms with Gasteiger partial charge in [0.1, 0.15) is 11.6 Å². The van der Waals surface area contributed by atoms with Gasteiger partial charge in [-0.25, -0.2) is 9.18 Å². The lowest BCUT2D eigenvalue weighted by Gasteiger charge is -2.11. The molecule has 160 valence electrons. The molecule has 31 heavy (non-hydrogen) atoms. The summed E-state index contributed by atoms with van der Waals surface area (Å²) < 4.78 is 22.9. The van der Waals surface area contributed by atoms with Gasteiger partial charge in [-0.15, -0.1) is 0 Å². The van der Waals surface area contributed by atoms with Crippen LogP contribution in [0.5, 0.6) is 0 Å². The van der Waals surface area contributed by atoms with Crippen molar-refractivity contribution < 1.29 is 28.0 Å². The van der Waals surface area contributed by atoms with Crippen LogP contribution in [0.3, 0.4) is 0 Å². The zero-order chi connectivity index (χ0) is 22.4. The molecule has 0 saturated carbocycles. The topological polar surface area (TPSA) is 111 Å². The Morgan fingerprint density at radius 3 is 2.42 bits per heavy atom. The Hall–Kier alpha value is -4.01. The molecule has 0 saturated heterocycles. The molecule has 2 amide bonds. The number of carbonyl (C=O) groups is 3. The van der Waals surface area contributed by atoms with Crippen molar-refractivity contribution in [3.05, 3.63) is 82.5 Å². The van der Waals surface area contributed by atoms with Crippen molar-refractivity contribution in [1.82, 2.24) is 10.5 Å². The molecule has 0 aliphatic heterocycles. The van der Waals surface area contributed by atoms with E-state index in [0.29, 0.717) is 23.4 Å². The maximum atomic E-state index is 13.1. The number of aryl methyl sites for hydroxylation is 1. The minimum Gasteiger partial charge on any atom is -0.465 e. The Morgan fingerprint density at radius 2 is 1.77 bits per heavy atom. The molecule has 0 radical (unpaired) electrons. The number of nitrogens with one attached hydrogen (secondary N) is 2. The number of methoxy groups -OCH3 is 1. The van der Waals surface area contributed by atoms with Crippen molar-refractivity contribution in [1.29, 1.82) is 0 Å². The molecular formula is C22H20FN3O5. The number of hydrogen-bond donors (Lipinski definition) is 2. The first-order valence-electron chi connectivity index (χ1n) is 9.42. The van der Waals surface area contributed by atoms with E-state index in [1.165, 1.54) is 37.4 Å². The van der Waals surface area contributed by atoms with Gasteiger partial charge in [-0.3, -0.25) is 9.59 Å². The Labute approximate surface area is 177 Å². The fourth-order valence-electron chi connectivity index (χ4n) is 2.77. The molecule has 9 heteroatoms. The van der Waals surface area contributed by atoms with E-state index in [1.54, 1.807) is 18.2 Å². The van der Waals surface area contributed by atoms with Crippen LogP contribution in [0.1, 0.15) is 49.5 Å². The average Bonchev–Trinajstić information content (AvgIpc) is 3.26. The third-order valence-electron chi connectivity index (χ3n) is 4.37. The largest absolute Gasteiger partial charge is 0.465 e. The summed E-state index contributed by atoms with van der Waals surface area (Å²) in [5.74, 6) is -1.39. The van der Waals surface area contributed by atoms with E-state index in [-0.39, 0.29) is 23.4 Å². The number of carbonyl (C=O) groups excluding carboxylic acids is 3. The highest BCUT2D eigenvalue weighted by Gasteiger charge is 2.15. The Balaban J connectivity index is 1.77. The van der Waals surface area contributed by atoms with Crippen molar-refractivity contribution in [3.63, 3.8) is 0 Å². The van der Waals surface area contributed by atoms with Crippen LogP contribution in [0.15, 0.2) is 53.1 Å². The smallest absolute Gasteiger partial charge is 0.337 e. The molecule has 0 bridgehead atoms. The summed E-state index contributed by atoms with van der Waals surface area (Å²) in [5.41, 5.74) is 1.45. The van der Waals surface area contributed by atoms with Crippen LogP contribution in [-0.2, 0) is 17.7 Å². The van der Waals surface area contributed by atoms with E-state index < -0.39 is 23.6 Å². The van der Waals surface area contributed by atoms with Crippen molar-refractivity contribution >= 4 is 23.5 Å². The molecule has 2 aromatic carbocycles. The molecular weight excluding hydrogens is 405 g/mol. The lowest BCUT2D eigenvalue weighted by Crippen LogP contribution is -2.23. The predicted octanol–water partition coefficient (Wildman–Crippen LogP) is 3.35. The molecule has 1 aromatic heterocycles. The molecule has 0 atom stereocenters. The molecule has 3 rings (SSSR count). The van der Waals surface area contributed by atoms with E-state index in [0.717, 1.165) is 0 Å². The van der Waals surface area contributed by atoms with E-state index >= 15 is 0 Å². The molecule has 0 unspecified atom stereocenters. The van der Waals surface area contributed by atoms with E-state index in [1.807, 2.05) is 6.92 Å². The van der Waals surface area contributed by atoms with Crippen LogP contribution in [0.4, 0.5) is 10.1 Å². The van der Waals surface area contributed by atoms with Gasteiger partial charge in [-0.2, -0.15) is 0 Å². The zero-order valence-corrected chi connectivity index (χ0v) is 16.9. The lowest BCUT2D eigenvalue weighted by molar-refractivity contribution is 0.0600. The number of esters is 1. The van der Waals surface area contributed by atoms with Crippen LogP contribution < -0.4 is 10.6 Å². The number of ether oxygens (including phenoxy) is 1. The maximum Gasteiger partial charge on any atom is 0.337 e. The van der Waals surface area contributed by atoms with Gasteiger partial charge in [0.25, 0.3) is 11.8 Å². The van der Waals surface area contributed by atoms with Crippen LogP contribution >= 0.6 is 0 Å². The molecule has 1 heterocycles. The third-order valence-corrected chi connectivity index (χ3v) is 4.37. The van der Waals surface area contributed by atoms with Gasteiger partial charge in [0.05, 0.1) is 12.7 Å². The predicted molar refractivity (Wildman–Crippen MR) is 109 cm³/mol. The van der Waals surface area contributed by atoms with Gasteiger partial charge >= 0.3 is 5.97 Å². The summed E-state index contributed by atoms with van der Waals surface area (Å²) in [7, 11) is 1.24. The summed E-state index contributed by atoms with van der Waals surface area (Å²) in [5, 5.41) is 9.06. The Morgan fingerprint density at radius 1 is 1.03 bits per heavy atom. The Kier molecular flexibility index (Phi) is 6.76. The molecule has 0 aliphatic rings. The number of aromatic nitrogens is 1. The quantitative estimate of drug-likeness (QED) is 0.562. The number of hydrogen-bond acceptors (Lipinski definition) is 6. The van der Waals surface area contributed by atoms with Crippen molar-refractivity contribution in [3.8, 4) is 0 Å². The first-order chi connectivity index (χ1) is 14.9. The molecule has 0 fully saturated rings. The third kappa shape index (κ3) is 5.53. The summed E-state index contributed by atoms with van der Waals surface area (Å²) in [6.45, 7) is 1.94. The average molecular weight is 425 g/mol. The van der Waals surface area contributed by atoms with Gasteiger partial charge in [-0.1, -0.05) is 12.1 Å². The monoisotopic (exact) mass is 425 g/mol. The fraction of sp³-hybridized carbons (Fsp3) is 0.182. The van der Waals surface area contributed by atoms with E-state index in [9.17, 15) is 18.8 Å². The summed E-state index contributed by atoms with van der Waals surface area (Å²) >= 11 is 0. The minimum absolute atomic E-state index is 0.0669. The van der Waals surface area contributed by atoms with Crippen molar-refractivity contribution in [2.45, 2.75) is 19.9 Å². The highest BCUT2D eigenvalue weighted by atomic mass is 19.1. The maximum absolute atomic E-state index is 13.1. The van der Waals surface area contributed by atoms with Crippen LogP contribution in [0.2, 0.25) is 0 Å². The molecule has 2 N–H and O–H groups in total. The fourth-order valence-corrected chi connectivity index (χ4v) is 2.77. The van der Waals surface area contributed by atoms with Crippen LogP contribution in [-0.4, -0.2) is 30.1 Å². The van der Waals surface area contributed by atoms with Gasteiger partial charge in [-0.05, 0) is 48.0 Å². The first-order valence-corrected chi connectivity index (χ1v) is 9.42. The lowest BCUT2D eigenvalue weighted by atomic mass is 10.1. The van der Waals surface area contributed by atoms with Crippen molar-refractivity contribution in [2.24, 2.45) is 0 Å². The molecule has 0 aliphatic carbocycles. The van der Waals surface area contributed by atoms with Gasteiger partial charge in [0, 0.05) is 30.3 Å². The van der Waals surface area contributed by atoms with Crippen LogP contribution in [0, 0.1) is 5.82 Å². The van der Waals surface area contributed by atoms with Gasteiger partial charge < -0.3 is 19.9 Å². The van der Waals surface area contributed by atoms with E-state index in [4.69, 9.17) is 9.26 Å². The first kappa shape index (κ1) is 21.7. The number of amides is 2. The molecule has 3 aromatic rings. The number of anilines is 1. The SMILES string of the molecule is CCc1cc(C(=O)NCc2cc(NC(=O)c3ccc(F)cc3)cc(C(=O)OC)c2)no1. The number of benzene rings is 2. The summed E-state index contributed by atoms with van der Waals surface area (Å²) in [6.07, 6.45) is 0.610. The Bertz CT molecular complexity index is 1110. The summed E-state index contributed by atoms with van der Waals surface area (Å²) in [4.78, 5) is 36.7. The normalized spacial score (nSPS) is 10.4. The minimum atomic E-state index is -0.602. The second-order valence-corrected chi connectivity index (χ2v) is 6.59. The van der Waals surface area contributed by atoms with Gasteiger partial charge in [0.2, 0.25) is 0 Å². The van der Waals surface area contributed by atoms with Gasteiger partial charge in [0.15, 0.2) is 5.69 Å². The van der Waals surface area contributed by atoms with E-state index in [2.05, 4.69) is 15.8 Å². The zero-order valence-electron chi connectivity index (χ0n) is 16.9. The van der Waals surface area contributed by atoms with Crippen molar-refractivity contribution in [2.75, 3.05) is 12.4 Å². The number of nitrogens with zero attached hydrogens (tertiary/aromatic N) is 1. The second kappa shape index (κ2) is 9.66. The number of rotatable bonds is 7. The number of halogens is 1.